The number of hydrogen-bond acceptors (Lipinski definition) is 6. The van der Waals surface area contributed by atoms with Gasteiger partial charge in [0.15, 0.2) is 0 Å². The highest BCUT2D eigenvalue weighted by Crippen LogP contribution is 2.28. The van der Waals surface area contributed by atoms with Crippen molar-refractivity contribution in [1.82, 2.24) is 15.0 Å². The van der Waals surface area contributed by atoms with E-state index in [2.05, 4.69) is 30.3 Å². The van der Waals surface area contributed by atoms with Crippen molar-refractivity contribution in [3.05, 3.63) is 36.4 Å². The normalized spacial score (nSPS) is 14.8. The molecule has 7 nitrogen and oxygen atoms in total. The predicted molar refractivity (Wildman–Crippen MR) is 87.0 cm³/mol. The number of nitrogens with zero attached hydrogens (tertiary/aromatic N) is 3. The van der Waals surface area contributed by atoms with Crippen LogP contribution in [0, 0.1) is 5.92 Å². The number of carbonyl (C=O) groups excluding carboxylic acids is 1. The number of halogens is 3. The summed E-state index contributed by atoms with van der Waals surface area (Å²) in [5.41, 5.74) is 0.00524. The molecule has 0 aliphatic heterocycles. The third-order valence-electron chi connectivity index (χ3n) is 3.60. The Kier molecular flexibility index (Phi) is 5.49. The van der Waals surface area contributed by atoms with Crippen LogP contribution in [0.2, 0.25) is 0 Å². The van der Waals surface area contributed by atoms with Crippen molar-refractivity contribution in [2.45, 2.75) is 25.6 Å². The molecule has 0 aromatic carbocycles. The second-order valence-corrected chi connectivity index (χ2v) is 5.72. The zero-order valence-corrected chi connectivity index (χ0v) is 13.5. The minimum Gasteiger partial charge on any atom is -0.452 e. The lowest BCUT2D eigenvalue weighted by molar-refractivity contribution is -0.0665. The Morgan fingerprint density at radius 2 is 2.08 bits per heavy atom. The molecule has 1 atom stereocenters. The molecular formula is C16H16F3N5O2. The Labute approximate surface area is 147 Å². The molecule has 1 aliphatic carbocycles. The fourth-order valence-corrected chi connectivity index (χ4v) is 2.07. The van der Waals surface area contributed by atoms with E-state index in [0.717, 1.165) is 19.4 Å². The van der Waals surface area contributed by atoms with E-state index in [0.29, 0.717) is 11.9 Å². The van der Waals surface area contributed by atoms with Gasteiger partial charge in [0.25, 0.3) is 12.3 Å². The molecule has 2 aromatic heterocycles. The molecule has 0 radical (unpaired) electrons. The topological polar surface area (TPSA) is 89.0 Å². The van der Waals surface area contributed by atoms with Crippen molar-refractivity contribution in [2.24, 2.45) is 5.92 Å². The maximum atomic E-state index is 13.1. The monoisotopic (exact) mass is 367 g/mol. The molecule has 2 heterocycles. The summed E-state index contributed by atoms with van der Waals surface area (Å²) in [6.45, 7) is 0.733. The highest BCUT2D eigenvalue weighted by molar-refractivity contribution is 6.03. The van der Waals surface area contributed by atoms with E-state index in [1.165, 1.54) is 30.7 Å². The molecule has 1 saturated carbocycles. The predicted octanol–water partition coefficient (Wildman–Crippen LogP) is 2.89. The zero-order chi connectivity index (χ0) is 18.5. The van der Waals surface area contributed by atoms with Gasteiger partial charge in [-0.05, 0) is 24.8 Å². The van der Waals surface area contributed by atoms with E-state index in [1.54, 1.807) is 0 Å². The van der Waals surface area contributed by atoms with Gasteiger partial charge in [-0.2, -0.15) is 4.39 Å². The quantitative estimate of drug-likeness (QED) is 0.746. The Bertz CT molecular complexity index is 773. The average molecular weight is 367 g/mol. The second-order valence-electron chi connectivity index (χ2n) is 5.72. The average Bonchev–Trinajstić information content (AvgIpc) is 3.46. The highest BCUT2D eigenvalue weighted by atomic mass is 19.3. The number of amides is 1. The standard InChI is InChI=1S/C16H16F3N5O2/c17-13(18)14(19)26-12-4-5-20-8-11(12)23-15(25)10-3-6-21-16(24-10)22-7-9-1-2-9/h3-6,8-9,13-14H,1-2,7H2,(H,23,25)(H,21,22,24). The molecule has 0 spiro atoms. The van der Waals surface area contributed by atoms with E-state index in [9.17, 15) is 18.0 Å². The van der Waals surface area contributed by atoms with E-state index >= 15 is 0 Å². The maximum Gasteiger partial charge on any atom is 0.304 e. The van der Waals surface area contributed by atoms with Gasteiger partial charge in [0.05, 0.1) is 6.20 Å². The lowest BCUT2D eigenvalue weighted by Crippen LogP contribution is -2.21. The van der Waals surface area contributed by atoms with Crippen LogP contribution in [0.3, 0.4) is 0 Å². The molecule has 10 heteroatoms. The second kappa shape index (κ2) is 7.98. The Morgan fingerprint density at radius 1 is 1.27 bits per heavy atom. The number of nitrogens with one attached hydrogen (secondary N) is 2. The molecule has 2 aromatic rings. The minimum absolute atomic E-state index is 0.0492. The molecule has 0 saturated heterocycles. The zero-order valence-electron chi connectivity index (χ0n) is 13.5. The van der Waals surface area contributed by atoms with Gasteiger partial charge >= 0.3 is 6.43 Å². The molecule has 3 rings (SSSR count). The van der Waals surface area contributed by atoms with Crippen LogP contribution in [-0.4, -0.2) is 40.2 Å². The Hall–Kier alpha value is -2.91. The summed E-state index contributed by atoms with van der Waals surface area (Å²) in [5, 5.41) is 5.46. The number of aromatic nitrogens is 3. The van der Waals surface area contributed by atoms with Crippen LogP contribution in [-0.2, 0) is 0 Å². The molecule has 1 aliphatic rings. The van der Waals surface area contributed by atoms with Crippen LogP contribution in [0.5, 0.6) is 5.75 Å². The summed E-state index contributed by atoms with van der Waals surface area (Å²) in [4.78, 5) is 24.2. The lowest BCUT2D eigenvalue weighted by atomic mass is 10.3. The lowest BCUT2D eigenvalue weighted by Gasteiger charge is -2.14. The first-order chi connectivity index (χ1) is 12.5. The molecule has 138 valence electrons. The van der Waals surface area contributed by atoms with Crippen molar-refractivity contribution in [3.8, 4) is 5.75 Å². The van der Waals surface area contributed by atoms with E-state index in [4.69, 9.17) is 0 Å². The van der Waals surface area contributed by atoms with Crippen LogP contribution < -0.4 is 15.4 Å². The van der Waals surface area contributed by atoms with Crippen molar-refractivity contribution >= 4 is 17.5 Å². The number of ether oxygens (including phenoxy) is 1. The summed E-state index contributed by atoms with van der Waals surface area (Å²) in [6.07, 6.45) is 0.00813. The van der Waals surface area contributed by atoms with Gasteiger partial charge in [0.2, 0.25) is 5.95 Å². The molecular weight excluding hydrogens is 351 g/mol. The smallest absolute Gasteiger partial charge is 0.304 e. The van der Waals surface area contributed by atoms with Crippen molar-refractivity contribution < 1.29 is 22.7 Å². The van der Waals surface area contributed by atoms with Crippen LogP contribution >= 0.6 is 0 Å². The van der Waals surface area contributed by atoms with Crippen LogP contribution in [0.1, 0.15) is 23.3 Å². The highest BCUT2D eigenvalue weighted by Gasteiger charge is 2.23. The summed E-state index contributed by atoms with van der Waals surface area (Å²) in [5.74, 6) is 0.0258. The Balaban J connectivity index is 1.68. The first-order valence-electron chi connectivity index (χ1n) is 7.94. The summed E-state index contributed by atoms with van der Waals surface area (Å²) in [7, 11) is 0. The van der Waals surface area contributed by atoms with Gasteiger partial charge in [-0.25, -0.2) is 18.7 Å². The molecule has 1 unspecified atom stereocenters. The van der Waals surface area contributed by atoms with Crippen LogP contribution in [0.15, 0.2) is 30.7 Å². The third-order valence-corrected chi connectivity index (χ3v) is 3.60. The summed E-state index contributed by atoms with van der Waals surface area (Å²) >= 11 is 0. The summed E-state index contributed by atoms with van der Waals surface area (Å²) in [6, 6.07) is 2.57. The van der Waals surface area contributed by atoms with Gasteiger partial charge in [-0.3, -0.25) is 9.78 Å². The third kappa shape index (κ3) is 4.80. The first kappa shape index (κ1) is 17.9. The number of carbonyl (C=O) groups is 1. The number of hydrogen-bond donors (Lipinski definition) is 2. The van der Waals surface area contributed by atoms with Crippen LogP contribution in [0.4, 0.5) is 24.8 Å². The fourth-order valence-electron chi connectivity index (χ4n) is 2.07. The molecule has 1 amide bonds. The van der Waals surface area contributed by atoms with E-state index < -0.39 is 18.7 Å². The SMILES string of the molecule is O=C(Nc1cnccc1OC(F)C(F)F)c1ccnc(NCC2CC2)n1. The molecule has 2 N–H and O–H groups in total. The van der Waals surface area contributed by atoms with Gasteiger partial charge in [-0.1, -0.05) is 0 Å². The number of rotatable bonds is 8. The van der Waals surface area contributed by atoms with Gasteiger partial charge in [0, 0.05) is 25.0 Å². The van der Waals surface area contributed by atoms with Gasteiger partial charge < -0.3 is 15.4 Å². The molecule has 0 bridgehead atoms. The van der Waals surface area contributed by atoms with Crippen molar-refractivity contribution in [3.63, 3.8) is 0 Å². The fraction of sp³-hybridized carbons (Fsp3) is 0.375. The Morgan fingerprint density at radius 3 is 2.81 bits per heavy atom. The van der Waals surface area contributed by atoms with Gasteiger partial charge in [0.1, 0.15) is 17.1 Å². The number of pyridine rings is 1. The maximum absolute atomic E-state index is 13.1. The molecule has 1 fully saturated rings. The van der Waals surface area contributed by atoms with Crippen molar-refractivity contribution in [1.29, 1.82) is 0 Å². The van der Waals surface area contributed by atoms with E-state index in [-0.39, 0.29) is 17.1 Å². The van der Waals surface area contributed by atoms with Crippen LogP contribution in [0.25, 0.3) is 0 Å². The van der Waals surface area contributed by atoms with Gasteiger partial charge in [-0.15, -0.1) is 0 Å². The minimum atomic E-state index is -3.31. The number of anilines is 2. The van der Waals surface area contributed by atoms with E-state index in [1.807, 2.05) is 0 Å². The largest absolute Gasteiger partial charge is 0.452 e. The molecule has 26 heavy (non-hydrogen) atoms. The number of alkyl halides is 3. The van der Waals surface area contributed by atoms with Crippen molar-refractivity contribution in [2.75, 3.05) is 17.2 Å². The summed E-state index contributed by atoms with van der Waals surface area (Å²) < 4.78 is 42.3. The first-order valence-corrected chi connectivity index (χ1v) is 7.94.